The minimum atomic E-state index is 0.0650. The van der Waals surface area contributed by atoms with Crippen LogP contribution in [0.15, 0.2) is 29.4 Å². The largest absolute Gasteiger partial charge is 0.494 e. The topological polar surface area (TPSA) is 84.4 Å². The fourth-order valence-electron chi connectivity index (χ4n) is 2.26. The van der Waals surface area contributed by atoms with Gasteiger partial charge in [0.25, 0.3) is 0 Å². The summed E-state index contributed by atoms with van der Waals surface area (Å²) in [6.45, 7) is 4.47. The van der Waals surface area contributed by atoms with Crippen LogP contribution in [0.25, 0.3) is 11.4 Å². The van der Waals surface area contributed by atoms with Gasteiger partial charge in [-0.25, -0.2) is 4.68 Å². The molecule has 1 aromatic heterocycles. The first kappa shape index (κ1) is 16.1. The number of aromatic nitrogens is 3. The molecule has 0 saturated carbocycles. The fourth-order valence-corrected chi connectivity index (χ4v) is 3.12. The van der Waals surface area contributed by atoms with Gasteiger partial charge in [0, 0.05) is 11.3 Å². The number of thioether (sulfide) groups is 1. The maximum atomic E-state index is 6.13. The minimum absolute atomic E-state index is 0.0650. The third kappa shape index (κ3) is 3.95. The molecule has 0 spiro atoms. The second-order valence-corrected chi connectivity index (χ2v) is 6.00. The summed E-state index contributed by atoms with van der Waals surface area (Å²) in [6, 6.07) is 7.65. The maximum absolute atomic E-state index is 6.13. The maximum Gasteiger partial charge on any atom is 0.210 e. The van der Waals surface area contributed by atoms with Gasteiger partial charge in [0.05, 0.1) is 32.5 Å². The molecule has 0 amide bonds. The van der Waals surface area contributed by atoms with Gasteiger partial charge in [-0.2, -0.15) is 0 Å². The Kier molecular flexibility index (Phi) is 5.37. The molecule has 3 rings (SSSR count). The van der Waals surface area contributed by atoms with Crippen molar-refractivity contribution in [3.8, 4) is 17.1 Å². The predicted octanol–water partition coefficient (Wildman–Crippen LogP) is 1.57. The number of nitrogens with two attached hydrogens (primary N) is 1. The summed E-state index contributed by atoms with van der Waals surface area (Å²) in [5, 5.41) is 9.01. The van der Waals surface area contributed by atoms with Crippen LogP contribution in [0.1, 0.15) is 6.92 Å². The van der Waals surface area contributed by atoms with Gasteiger partial charge in [-0.1, -0.05) is 23.9 Å². The minimum Gasteiger partial charge on any atom is -0.494 e. The molecule has 1 unspecified atom stereocenters. The van der Waals surface area contributed by atoms with E-state index in [-0.39, 0.29) is 6.10 Å². The van der Waals surface area contributed by atoms with Crippen LogP contribution in [-0.4, -0.2) is 53.2 Å². The highest BCUT2D eigenvalue weighted by Gasteiger charge is 2.18. The molecule has 8 heteroatoms. The standard InChI is InChI=1S/C15H20N4O3S/c1-2-21-12-5-3-4-11(8-12)14-17-18-15(19(14)16)23-10-13-9-20-6-7-22-13/h3-5,8,13H,2,6-7,9-10,16H2,1H3. The van der Waals surface area contributed by atoms with Crippen molar-refractivity contribution in [2.45, 2.75) is 18.2 Å². The number of nitrogen functional groups attached to an aromatic ring is 1. The Balaban J connectivity index is 1.69. The van der Waals surface area contributed by atoms with Crippen molar-refractivity contribution in [3.05, 3.63) is 24.3 Å². The summed E-state index contributed by atoms with van der Waals surface area (Å²) in [4.78, 5) is 0. The van der Waals surface area contributed by atoms with Crippen molar-refractivity contribution in [3.63, 3.8) is 0 Å². The lowest BCUT2D eigenvalue weighted by Crippen LogP contribution is -2.30. The van der Waals surface area contributed by atoms with Crippen molar-refractivity contribution >= 4 is 11.8 Å². The zero-order valence-corrected chi connectivity index (χ0v) is 13.8. The molecule has 1 aromatic carbocycles. The van der Waals surface area contributed by atoms with Gasteiger partial charge < -0.3 is 20.1 Å². The number of ether oxygens (including phenoxy) is 3. The summed E-state index contributed by atoms with van der Waals surface area (Å²) in [5.41, 5.74) is 0.870. The smallest absolute Gasteiger partial charge is 0.210 e. The fraction of sp³-hybridized carbons (Fsp3) is 0.467. The Morgan fingerprint density at radius 1 is 1.39 bits per heavy atom. The number of benzene rings is 1. The Bertz CT molecular complexity index is 643. The summed E-state index contributed by atoms with van der Waals surface area (Å²) in [7, 11) is 0. The van der Waals surface area contributed by atoms with Crippen LogP contribution in [0.4, 0.5) is 0 Å². The SMILES string of the molecule is CCOc1cccc(-c2nnc(SCC3COCCO3)n2N)c1. The molecule has 0 aliphatic carbocycles. The van der Waals surface area contributed by atoms with Gasteiger partial charge >= 0.3 is 0 Å². The molecule has 2 aromatic rings. The van der Waals surface area contributed by atoms with Gasteiger partial charge in [0.2, 0.25) is 5.16 Å². The van der Waals surface area contributed by atoms with Gasteiger partial charge in [0.1, 0.15) is 5.75 Å². The van der Waals surface area contributed by atoms with Crippen LogP contribution in [0.5, 0.6) is 5.75 Å². The lowest BCUT2D eigenvalue weighted by Gasteiger charge is -2.22. The van der Waals surface area contributed by atoms with Crippen molar-refractivity contribution in [1.29, 1.82) is 0 Å². The van der Waals surface area contributed by atoms with E-state index >= 15 is 0 Å². The Hall–Kier alpha value is -1.77. The van der Waals surface area contributed by atoms with Crippen LogP contribution < -0.4 is 10.6 Å². The van der Waals surface area contributed by atoms with Crippen LogP contribution in [0.2, 0.25) is 0 Å². The third-order valence-electron chi connectivity index (χ3n) is 3.35. The third-order valence-corrected chi connectivity index (χ3v) is 4.43. The zero-order valence-electron chi connectivity index (χ0n) is 13.0. The van der Waals surface area contributed by atoms with Gasteiger partial charge in [-0.05, 0) is 19.1 Å². The van der Waals surface area contributed by atoms with Crippen LogP contribution in [0, 0.1) is 0 Å². The van der Waals surface area contributed by atoms with Crippen molar-refractivity contribution in [1.82, 2.24) is 14.9 Å². The van der Waals surface area contributed by atoms with E-state index < -0.39 is 0 Å². The van der Waals surface area contributed by atoms with E-state index in [0.29, 0.717) is 37.4 Å². The molecule has 7 nitrogen and oxygen atoms in total. The number of hydrogen-bond acceptors (Lipinski definition) is 7. The van der Waals surface area contributed by atoms with E-state index in [1.165, 1.54) is 16.4 Å². The lowest BCUT2D eigenvalue weighted by atomic mass is 10.2. The molecule has 1 aliphatic rings. The summed E-state index contributed by atoms with van der Waals surface area (Å²) in [6.07, 6.45) is 0.0650. The Labute approximate surface area is 139 Å². The van der Waals surface area contributed by atoms with Crippen LogP contribution in [0.3, 0.4) is 0 Å². The quantitative estimate of drug-likeness (QED) is 0.633. The van der Waals surface area contributed by atoms with Crippen LogP contribution in [-0.2, 0) is 9.47 Å². The summed E-state index contributed by atoms with van der Waals surface area (Å²) < 4.78 is 18.0. The van der Waals surface area contributed by atoms with Gasteiger partial charge in [0.15, 0.2) is 5.82 Å². The van der Waals surface area contributed by atoms with E-state index in [4.69, 9.17) is 20.1 Å². The van der Waals surface area contributed by atoms with E-state index in [9.17, 15) is 0 Å². The highest BCUT2D eigenvalue weighted by Crippen LogP contribution is 2.25. The number of hydrogen-bond donors (Lipinski definition) is 1. The molecule has 2 heterocycles. The zero-order chi connectivity index (χ0) is 16.1. The van der Waals surface area contributed by atoms with E-state index in [2.05, 4.69) is 10.2 Å². The monoisotopic (exact) mass is 336 g/mol. The summed E-state index contributed by atoms with van der Waals surface area (Å²) in [5.74, 6) is 8.26. The first-order valence-electron chi connectivity index (χ1n) is 7.53. The van der Waals surface area contributed by atoms with Crippen molar-refractivity contribution in [2.24, 2.45) is 0 Å². The molecule has 23 heavy (non-hydrogen) atoms. The molecular weight excluding hydrogens is 316 g/mol. The molecular formula is C15H20N4O3S. The first-order chi connectivity index (χ1) is 11.3. The Morgan fingerprint density at radius 3 is 3.09 bits per heavy atom. The molecule has 1 fully saturated rings. The average molecular weight is 336 g/mol. The molecule has 2 N–H and O–H groups in total. The normalized spacial score (nSPS) is 18.0. The van der Waals surface area contributed by atoms with E-state index in [1.54, 1.807) is 0 Å². The van der Waals surface area contributed by atoms with Gasteiger partial charge in [-0.15, -0.1) is 10.2 Å². The molecule has 1 atom stereocenters. The number of rotatable bonds is 6. The second-order valence-electron chi connectivity index (χ2n) is 5.02. The molecule has 124 valence electrons. The van der Waals surface area contributed by atoms with Gasteiger partial charge in [-0.3, -0.25) is 0 Å². The van der Waals surface area contributed by atoms with Crippen LogP contribution >= 0.6 is 11.8 Å². The molecule has 0 radical (unpaired) electrons. The number of nitrogens with zero attached hydrogens (tertiary/aromatic N) is 3. The highest BCUT2D eigenvalue weighted by molar-refractivity contribution is 7.99. The lowest BCUT2D eigenvalue weighted by molar-refractivity contribution is -0.0776. The average Bonchev–Trinajstić information content (AvgIpc) is 2.95. The summed E-state index contributed by atoms with van der Waals surface area (Å²) >= 11 is 1.51. The molecule has 0 bridgehead atoms. The molecule has 1 saturated heterocycles. The first-order valence-corrected chi connectivity index (χ1v) is 8.52. The second kappa shape index (κ2) is 7.67. The van der Waals surface area contributed by atoms with E-state index in [1.807, 2.05) is 31.2 Å². The Morgan fingerprint density at radius 2 is 2.30 bits per heavy atom. The predicted molar refractivity (Wildman–Crippen MR) is 88.1 cm³/mol. The van der Waals surface area contributed by atoms with Crippen molar-refractivity contribution < 1.29 is 14.2 Å². The highest BCUT2D eigenvalue weighted by atomic mass is 32.2. The van der Waals surface area contributed by atoms with Crippen molar-refractivity contribution in [2.75, 3.05) is 38.0 Å². The van der Waals surface area contributed by atoms with E-state index in [0.717, 1.165) is 17.1 Å². The molecule has 1 aliphatic heterocycles.